The maximum Gasteiger partial charge on any atom is 0.417 e. The van der Waals surface area contributed by atoms with Gasteiger partial charge in [0, 0.05) is 11.1 Å². The van der Waals surface area contributed by atoms with Crippen LogP contribution in [-0.4, -0.2) is 13.4 Å². The third kappa shape index (κ3) is 3.88. The van der Waals surface area contributed by atoms with Crippen molar-refractivity contribution in [2.24, 2.45) is 0 Å². The minimum Gasteiger partial charge on any atom is -0.291 e. The van der Waals surface area contributed by atoms with E-state index in [9.17, 15) is 21.6 Å². The van der Waals surface area contributed by atoms with E-state index in [1.807, 2.05) is 4.83 Å². The predicted molar refractivity (Wildman–Crippen MR) is 77.2 cm³/mol. The maximum atomic E-state index is 12.5. The molecule has 0 atom stereocenters. The number of halogens is 4. The van der Waals surface area contributed by atoms with Crippen LogP contribution in [0.2, 0.25) is 5.02 Å². The summed E-state index contributed by atoms with van der Waals surface area (Å²) in [6.07, 6.45) is -4.03. The van der Waals surface area contributed by atoms with E-state index in [2.05, 4.69) is 10.4 Å². The Hall–Kier alpha value is -1.36. The zero-order chi connectivity index (χ0) is 16.5. The molecule has 22 heavy (non-hydrogen) atoms. The Morgan fingerprint density at radius 3 is 2.50 bits per heavy atom. The first-order valence-corrected chi connectivity index (χ1v) is 8.34. The summed E-state index contributed by atoms with van der Waals surface area (Å²) in [6.45, 7) is 1.74. The summed E-state index contributed by atoms with van der Waals surface area (Å²) in [5.74, 6) is -0.230. The van der Waals surface area contributed by atoms with E-state index in [0.717, 1.165) is 16.2 Å². The normalized spacial score (nSPS) is 12.4. The first-order valence-electron chi connectivity index (χ1n) is 5.66. The molecule has 2 rings (SSSR count). The monoisotopic (exact) mass is 371 g/mol. The second kappa shape index (κ2) is 6.03. The summed E-state index contributed by atoms with van der Waals surface area (Å²) in [5, 5.41) is -0.361. The highest BCUT2D eigenvalue weighted by Gasteiger charge is 2.31. The second-order valence-corrected chi connectivity index (χ2v) is 7.75. The number of nitrogens with zero attached hydrogens (tertiary/aromatic N) is 1. The molecule has 0 saturated carbocycles. The average molecular weight is 372 g/mol. The smallest absolute Gasteiger partial charge is 0.291 e. The lowest BCUT2D eigenvalue weighted by atomic mass is 10.3. The molecule has 0 bridgehead atoms. The Morgan fingerprint density at radius 2 is 2.00 bits per heavy atom. The van der Waals surface area contributed by atoms with Gasteiger partial charge in [-0.1, -0.05) is 11.6 Å². The summed E-state index contributed by atoms with van der Waals surface area (Å²) >= 11 is 6.70. The first-order chi connectivity index (χ1) is 10.1. The van der Waals surface area contributed by atoms with Gasteiger partial charge in [-0.2, -0.15) is 13.2 Å². The lowest BCUT2D eigenvalue weighted by Crippen LogP contribution is -2.29. The molecule has 0 aliphatic carbocycles. The summed E-state index contributed by atoms with van der Waals surface area (Å²) in [4.78, 5) is 6.27. The van der Waals surface area contributed by atoms with Crippen LogP contribution in [0.1, 0.15) is 10.4 Å². The number of sulfonamides is 1. The van der Waals surface area contributed by atoms with E-state index in [0.29, 0.717) is 12.3 Å². The number of hydrogen-bond acceptors (Lipinski definition) is 5. The van der Waals surface area contributed by atoms with Gasteiger partial charge in [0.1, 0.15) is 4.21 Å². The number of aryl methyl sites for hydroxylation is 1. The van der Waals surface area contributed by atoms with Gasteiger partial charge in [-0.05, 0) is 25.1 Å². The third-order valence-corrected chi connectivity index (χ3v) is 5.48. The van der Waals surface area contributed by atoms with Crippen LogP contribution in [0.25, 0.3) is 0 Å². The highest BCUT2D eigenvalue weighted by molar-refractivity contribution is 7.91. The molecule has 0 saturated heterocycles. The average Bonchev–Trinajstić information content (AvgIpc) is 2.84. The molecule has 2 aromatic heterocycles. The molecule has 2 heterocycles. The topological polar surface area (TPSA) is 71.1 Å². The van der Waals surface area contributed by atoms with Crippen LogP contribution >= 0.6 is 22.9 Å². The van der Waals surface area contributed by atoms with E-state index in [-0.39, 0.29) is 15.0 Å². The van der Waals surface area contributed by atoms with Crippen molar-refractivity contribution < 1.29 is 21.6 Å². The molecule has 2 aromatic rings. The van der Waals surface area contributed by atoms with Crippen LogP contribution in [0.15, 0.2) is 28.6 Å². The summed E-state index contributed by atoms with van der Waals surface area (Å²) in [7, 11) is -3.86. The van der Waals surface area contributed by atoms with Gasteiger partial charge in [0.15, 0.2) is 5.82 Å². The number of hydrogen-bond donors (Lipinski definition) is 2. The fourth-order valence-corrected chi connectivity index (χ4v) is 3.75. The van der Waals surface area contributed by atoms with E-state index < -0.39 is 21.8 Å². The number of aromatic nitrogens is 1. The van der Waals surface area contributed by atoms with E-state index in [1.165, 1.54) is 6.07 Å². The van der Waals surface area contributed by atoms with Crippen molar-refractivity contribution in [3.63, 3.8) is 0 Å². The van der Waals surface area contributed by atoms with Crippen molar-refractivity contribution in [1.82, 2.24) is 9.82 Å². The Kier molecular flexibility index (Phi) is 4.66. The van der Waals surface area contributed by atoms with Crippen molar-refractivity contribution in [2.45, 2.75) is 17.3 Å². The maximum absolute atomic E-state index is 12.5. The quantitative estimate of drug-likeness (QED) is 0.808. The SMILES string of the molecule is Cc1ccc(S(=O)(=O)NNc2ncc(C(F)(F)F)cc2Cl)s1. The zero-order valence-electron chi connectivity index (χ0n) is 10.9. The standard InChI is InChI=1S/C11H9ClF3N3O2S2/c1-6-2-3-9(21-6)22(19,20)18-17-10-8(12)4-7(5-16-10)11(13,14)15/h2-5,18H,1H3,(H,16,17). The lowest BCUT2D eigenvalue weighted by Gasteiger charge is -2.11. The van der Waals surface area contributed by atoms with Crippen molar-refractivity contribution in [3.8, 4) is 0 Å². The minimum atomic E-state index is -4.58. The third-order valence-electron chi connectivity index (χ3n) is 2.45. The zero-order valence-corrected chi connectivity index (χ0v) is 13.3. The Balaban J connectivity index is 2.15. The van der Waals surface area contributed by atoms with Crippen molar-refractivity contribution in [3.05, 3.63) is 39.9 Å². The molecule has 0 aliphatic heterocycles. The van der Waals surface area contributed by atoms with Gasteiger partial charge in [-0.15, -0.1) is 16.2 Å². The molecule has 0 spiro atoms. The summed E-state index contributed by atoms with van der Waals surface area (Å²) < 4.78 is 61.3. The van der Waals surface area contributed by atoms with Gasteiger partial charge < -0.3 is 0 Å². The molecule has 5 nitrogen and oxygen atoms in total. The number of pyridine rings is 1. The van der Waals surface area contributed by atoms with Crippen LogP contribution in [0.3, 0.4) is 0 Å². The highest BCUT2D eigenvalue weighted by Crippen LogP contribution is 2.32. The number of rotatable bonds is 4. The molecule has 0 unspecified atom stereocenters. The largest absolute Gasteiger partial charge is 0.417 e. The van der Waals surface area contributed by atoms with Gasteiger partial charge in [0.05, 0.1) is 10.6 Å². The Morgan fingerprint density at radius 1 is 1.32 bits per heavy atom. The number of thiophene rings is 1. The molecule has 0 amide bonds. The Labute approximate surface area is 133 Å². The first kappa shape index (κ1) is 17.0. The second-order valence-electron chi connectivity index (χ2n) is 4.15. The molecule has 0 fully saturated rings. The van der Waals surface area contributed by atoms with Gasteiger partial charge in [-0.3, -0.25) is 5.43 Å². The van der Waals surface area contributed by atoms with Crippen LogP contribution in [0.5, 0.6) is 0 Å². The molecule has 2 N–H and O–H groups in total. The summed E-state index contributed by atoms with van der Waals surface area (Å²) in [6, 6.07) is 3.69. The van der Waals surface area contributed by atoms with Crippen molar-refractivity contribution in [1.29, 1.82) is 0 Å². The summed E-state index contributed by atoms with van der Waals surface area (Å²) in [5.41, 5.74) is 1.17. The minimum absolute atomic E-state index is 0.0561. The van der Waals surface area contributed by atoms with Gasteiger partial charge in [0.25, 0.3) is 10.0 Å². The molecule has 0 radical (unpaired) electrons. The number of anilines is 1. The van der Waals surface area contributed by atoms with Crippen LogP contribution in [0, 0.1) is 6.92 Å². The van der Waals surface area contributed by atoms with Crippen LogP contribution in [0.4, 0.5) is 19.0 Å². The van der Waals surface area contributed by atoms with Crippen LogP contribution < -0.4 is 10.3 Å². The molecule has 120 valence electrons. The van der Waals surface area contributed by atoms with E-state index in [1.54, 1.807) is 13.0 Å². The van der Waals surface area contributed by atoms with Gasteiger partial charge in [0.2, 0.25) is 0 Å². The van der Waals surface area contributed by atoms with Gasteiger partial charge >= 0.3 is 6.18 Å². The van der Waals surface area contributed by atoms with Gasteiger partial charge in [-0.25, -0.2) is 13.4 Å². The van der Waals surface area contributed by atoms with E-state index >= 15 is 0 Å². The highest BCUT2D eigenvalue weighted by atomic mass is 35.5. The lowest BCUT2D eigenvalue weighted by molar-refractivity contribution is -0.137. The molecular weight excluding hydrogens is 363 g/mol. The van der Waals surface area contributed by atoms with Crippen molar-refractivity contribution >= 4 is 38.8 Å². The number of hydrazine groups is 1. The fourth-order valence-electron chi connectivity index (χ4n) is 1.41. The molecule has 0 aliphatic rings. The predicted octanol–water partition coefficient (Wildman–Crippen LogP) is 3.43. The van der Waals surface area contributed by atoms with Crippen molar-refractivity contribution in [2.75, 3.05) is 5.43 Å². The number of alkyl halides is 3. The van der Waals surface area contributed by atoms with Crippen LogP contribution in [-0.2, 0) is 16.2 Å². The molecule has 11 heteroatoms. The number of nitrogens with one attached hydrogen (secondary N) is 2. The fraction of sp³-hybridized carbons (Fsp3) is 0.182. The van der Waals surface area contributed by atoms with E-state index in [4.69, 9.17) is 11.6 Å². The molecule has 0 aromatic carbocycles. The molecular formula is C11H9ClF3N3O2S2. The Bertz CT molecular complexity index is 790.